The summed E-state index contributed by atoms with van der Waals surface area (Å²) in [4.78, 5) is 12.1. The summed E-state index contributed by atoms with van der Waals surface area (Å²) in [6, 6.07) is 16.2. The molecule has 150 valence electrons. The Kier molecular flexibility index (Phi) is 7.33. The molecule has 0 spiro atoms. The molecule has 3 aromatic rings. The number of hydrogen-bond acceptors (Lipinski definition) is 4. The third-order valence-electron chi connectivity index (χ3n) is 4.06. The molecule has 1 amide bonds. The van der Waals surface area contributed by atoms with Gasteiger partial charge in [0.2, 0.25) is 0 Å². The van der Waals surface area contributed by atoms with Crippen molar-refractivity contribution in [1.82, 2.24) is 5.43 Å². The van der Waals surface area contributed by atoms with Crippen LogP contribution < -0.4 is 10.2 Å². The van der Waals surface area contributed by atoms with Crippen LogP contribution in [-0.2, 0) is 13.0 Å². The van der Waals surface area contributed by atoms with Crippen LogP contribution in [0.25, 0.3) is 0 Å². The molecule has 1 N–H and O–H groups in total. The molecule has 0 atom stereocenters. The van der Waals surface area contributed by atoms with Crippen molar-refractivity contribution in [3.63, 3.8) is 0 Å². The van der Waals surface area contributed by atoms with Crippen LogP contribution in [0.5, 0.6) is 5.75 Å². The molecule has 0 saturated heterocycles. The minimum absolute atomic E-state index is 0.140. The van der Waals surface area contributed by atoms with Crippen LogP contribution in [0.1, 0.15) is 40.8 Å². The first kappa shape index (κ1) is 21.0. The van der Waals surface area contributed by atoms with Crippen molar-refractivity contribution < 1.29 is 13.9 Å². The Morgan fingerprint density at radius 3 is 2.66 bits per heavy atom. The van der Waals surface area contributed by atoms with Gasteiger partial charge in [0.25, 0.3) is 0 Å². The van der Waals surface area contributed by atoms with Gasteiger partial charge < -0.3 is 9.15 Å². The Bertz CT molecular complexity index is 998. The molecule has 29 heavy (non-hydrogen) atoms. The highest BCUT2D eigenvalue weighted by Crippen LogP contribution is 2.19. The Morgan fingerprint density at radius 2 is 1.93 bits per heavy atom. The molecule has 0 aliphatic rings. The monoisotopic (exact) mass is 430 g/mol. The summed E-state index contributed by atoms with van der Waals surface area (Å²) < 4.78 is 11.2. The number of nitrogens with one attached hydrogen (secondary N) is 1. The second-order valence-electron chi connectivity index (χ2n) is 6.31. The van der Waals surface area contributed by atoms with E-state index in [0.717, 1.165) is 18.6 Å². The normalized spacial score (nSPS) is 11.0. The van der Waals surface area contributed by atoms with Crippen molar-refractivity contribution in [2.45, 2.75) is 26.4 Å². The van der Waals surface area contributed by atoms with E-state index in [1.54, 1.807) is 30.3 Å². The van der Waals surface area contributed by atoms with E-state index < -0.39 is 5.91 Å². The van der Waals surface area contributed by atoms with Gasteiger partial charge in [0, 0.05) is 10.6 Å². The number of carbonyl (C=O) groups is 1. The fourth-order valence-electron chi connectivity index (χ4n) is 2.59. The van der Waals surface area contributed by atoms with Crippen molar-refractivity contribution >= 4 is 35.3 Å². The van der Waals surface area contributed by atoms with Gasteiger partial charge in [-0.1, -0.05) is 54.7 Å². The third-order valence-corrected chi connectivity index (χ3v) is 4.62. The first-order chi connectivity index (χ1) is 14.0. The van der Waals surface area contributed by atoms with E-state index in [9.17, 15) is 4.79 Å². The van der Waals surface area contributed by atoms with Crippen LogP contribution in [0.2, 0.25) is 10.0 Å². The maximum atomic E-state index is 12.1. The average molecular weight is 431 g/mol. The number of aryl methyl sites for hydroxylation is 1. The molecule has 0 aliphatic heterocycles. The van der Waals surface area contributed by atoms with E-state index >= 15 is 0 Å². The predicted molar refractivity (Wildman–Crippen MR) is 115 cm³/mol. The molecule has 3 rings (SSSR count). The standard InChI is InChI=1S/C22H20Cl2N2O3/c1-2-3-15-4-8-18(9-5-15)28-14-19-10-11-21(29-19)22(27)26-25-13-16-6-7-17(23)12-20(16)24/h4-13H,2-3,14H2,1H3,(H,26,27)/b25-13-. The fourth-order valence-corrected chi connectivity index (χ4v) is 3.05. The zero-order valence-corrected chi connectivity index (χ0v) is 17.3. The van der Waals surface area contributed by atoms with Crippen LogP contribution in [0, 0.1) is 0 Å². The van der Waals surface area contributed by atoms with E-state index in [2.05, 4.69) is 17.5 Å². The highest BCUT2D eigenvalue weighted by Gasteiger charge is 2.11. The van der Waals surface area contributed by atoms with Crippen molar-refractivity contribution in [1.29, 1.82) is 0 Å². The highest BCUT2D eigenvalue weighted by atomic mass is 35.5. The highest BCUT2D eigenvalue weighted by molar-refractivity contribution is 6.36. The van der Waals surface area contributed by atoms with E-state index in [1.165, 1.54) is 11.8 Å². The number of ether oxygens (including phenoxy) is 1. The molecule has 0 bridgehead atoms. The van der Waals surface area contributed by atoms with Gasteiger partial charge in [-0.15, -0.1) is 0 Å². The molecule has 0 unspecified atom stereocenters. The summed E-state index contributed by atoms with van der Waals surface area (Å²) in [6.45, 7) is 2.37. The van der Waals surface area contributed by atoms with Gasteiger partial charge in [-0.2, -0.15) is 5.10 Å². The predicted octanol–water partition coefficient (Wildman–Crippen LogP) is 5.88. The SMILES string of the molecule is CCCc1ccc(OCc2ccc(C(=O)N/N=C\c3ccc(Cl)cc3Cl)o2)cc1. The molecule has 0 fully saturated rings. The average Bonchev–Trinajstić information content (AvgIpc) is 3.18. The van der Waals surface area contributed by atoms with Gasteiger partial charge in [0.05, 0.1) is 11.2 Å². The summed E-state index contributed by atoms with van der Waals surface area (Å²) in [7, 11) is 0. The first-order valence-corrected chi connectivity index (χ1v) is 9.89. The zero-order valence-electron chi connectivity index (χ0n) is 15.8. The molecule has 7 heteroatoms. The van der Waals surface area contributed by atoms with E-state index in [1.807, 2.05) is 24.3 Å². The van der Waals surface area contributed by atoms with Crippen LogP contribution in [0.4, 0.5) is 0 Å². The minimum atomic E-state index is -0.471. The third kappa shape index (κ3) is 6.11. The van der Waals surface area contributed by atoms with E-state index in [4.69, 9.17) is 32.4 Å². The van der Waals surface area contributed by atoms with Crippen LogP contribution >= 0.6 is 23.2 Å². The number of furan rings is 1. The van der Waals surface area contributed by atoms with Crippen LogP contribution in [-0.4, -0.2) is 12.1 Å². The summed E-state index contributed by atoms with van der Waals surface area (Å²) in [6.07, 6.45) is 3.59. The molecule has 2 aromatic carbocycles. The lowest BCUT2D eigenvalue weighted by Gasteiger charge is -2.05. The topological polar surface area (TPSA) is 63.8 Å². The summed E-state index contributed by atoms with van der Waals surface area (Å²) in [5.74, 6) is 0.956. The van der Waals surface area contributed by atoms with Gasteiger partial charge in [0.1, 0.15) is 18.1 Å². The zero-order chi connectivity index (χ0) is 20.6. The number of hydrogen-bond donors (Lipinski definition) is 1. The second-order valence-corrected chi connectivity index (χ2v) is 7.16. The van der Waals surface area contributed by atoms with Gasteiger partial charge in [-0.3, -0.25) is 4.79 Å². The minimum Gasteiger partial charge on any atom is -0.486 e. The summed E-state index contributed by atoms with van der Waals surface area (Å²) in [5, 5.41) is 4.86. The molecule has 1 aromatic heterocycles. The number of carbonyl (C=O) groups excluding carboxylic acids is 1. The second kappa shape index (κ2) is 10.1. The molecule has 0 saturated carbocycles. The largest absolute Gasteiger partial charge is 0.486 e. The number of hydrazone groups is 1. The maximum absolute atomic E-state index is 12.1. The van der Waals surface area contributed by atoms with Crippen LogP contribution in [0.15, 0.2) is 64.1 Å². The Hall–Kier alpha value is -2.76. The Morgan fingerprint density at radius 1 is 1.14 bits per heavy atom. The molecule has 0 aliphatic carbocycles. The molecular weight excluding hydrogens is 411 g/mol. The summed E-state index contributed by atoms with van der Waals surface area (Å²) >= 11 is 11.9. The lowest BCUT2D eigenvalue weighted by Crippen LogP contribution is -2.16. The lowest BCUT2D eigenvalue weighted by atomic mass is 10.1. The molecule has 5 nitrogen and oxygen atoms in total. The lowest BCUT2D eigenvalue weighted by molar-refractivity contribution is 0.0923. The van der Waals surface area contributed by atoms with Gasteiger partial charge in [0.15, 0.2) is 5.76 Å². The number of nitrogens with zero attached hydrogens (tertiary/aromatic N) is 1. The Balaban J connectivity index is 1.52. The quantitative estimate of drug-likeness (QED) is 0.358. The fraction of sp³-hybridized carbons (Fsp3) is 0.182. The van der Waals surface area contributed by atoms with Gasteiger partial charge in [-0.25, -0.2) is 5.43 Å². The maximum Gasteiger partial charge on any atom is 0.307 e. The smallest absolute Gasteiger partial charge is 0.307 e. The van der Waals surface area contributed by atoms with Crippen molar-refractivity contribution in [3.8, 4) is 5.75 Å². The summed E-state index contributed by atoms with van der Waals surface area (Å²) in [5.41, 5.74) is 4.31. The number of rotatable bonds is 8. The van der Waals surface area contributed by atoms with E-state index in [0.29, 0.717) is 21.4 Å². The van der Waals surface area contributed by atoms with Crippen molar-refractivity contribution in [2.24, 2.45) is 5.10 Å². The first-order valence-electron chi connectivity index (χ1n) is 9.14. The van der Waals surface area contributed by atoms with E-state index in [-0.39, 0.29) is 12.4 Å². The number of halogens is 2. The van der Waals surface area contributed by atoms with Crippen LogP contribution in [0.3, 0.4) is 0 Å². The van der Waals surface area contributed by atoms with Crippen molar-refractivity contribution in [3.05, 3.63) is 87.3 Å². The number of amides is 1. The van der Waals surface area contributed by atoms with Gasteiger partial charge in [-0.05, 0) is 48.4 Å². The molecule has 0 radical (unpaired) electrons. The van der Waals surface area contributed by atoms with Gasteiger partial charge >= 0.3 is 5.91 Å². The Labute approximate surface area is 179 Å². The molecule has 1 heterocycles. The van der Waals surface area contributed by atoms with Crippen molar-refractivity contribution in [2.75, 3.05) is 0 Å². The molecular formula is C22H20Cl2N2O3. The number of benzene rings is 2.